The van der Waals surface area contributed by atoms with E-state index in [9.17, 15) is 4.79 Å². The van der Waals surface area contributed by atoms with E-state index in [1.807, 2.05) is 38.2 Å². The fraction of sp³-hybridized carbons (Fsp3) is 0.321. The molecule has 0 saturated carbocycles. The Labute approximate surface area is 196 Å². The Kier molecular flexibility index (Phi) is 6.99. The smallest absolute Gasteiger partial charge is 0.274 e. The standard InChI is InChI=1S/C28H33N3O2/c1-5-7-25(20(3)6-2)21-8-13-27-22(18-21)19-26(28(32)30(27)4)29-23-9-11-24(12-10-23)31-14-16-33-17-15-31/h5,7-13,18-19,29H,6,14-17H2,1-4H3/b7-5-,25-20-. The number of aryl methyl sites for hydroxylation is 1. The van der Waals surface area contributed by atoms with Crippen LogP contribution in [0.2, 0.25) is 0 Å². The highest BCUT2D eigenvalue weighted by molar-refractivity contribution is 5.89. The summed E-state index contributed by atoms with van der Waals surface area (Å²) in [4.78, 5) is 15.4. The first kappa shape index (κ1) is 22.9. The summed E-state index contributed by atoms with van der Waals surface area (Å²) in [6, 6.07) is 16.5. The molecule has 0 amide bonds. The fourth-order valence-corrected chi connectivity index (χ4v) is 4.31. The third-order valence-corrected chi connectivity index (χ3v) is 6.38. The predicted octanol–water partition coefficient (Wildman–Crippen LogP) is 5.88. The number of fused-ring (bicyclic) bond motifs is 1. The number of nitrogens with one attached hydrogen (secondary N) is 1. The lowest BCUT2D eigenvalue weighted by Gasteiger charge is -2.28. The maximum Gasteiger partial charge on any atom is 0.274 e. The molecule has 1 N–H and O–H groups in total. The Hall–Kier alpha value is -3.31. The van der Waals surface area contributed by atoms with E-state index in [0.717, 1.165) is 49.3 Å². The van der Waals surface area contributed by atoms with Gasteiger partial charge in [0.15, 0.2) is 0 Å². The molecule has 1 aromatic heterocycles. The van der Waals surface area contributed by atoms with E-state index in [2.05, 4.69) is 60.5 Å². The Bertz CT molecular complexity index is 1250. The molecule has 33 heavy (non-hydrogen) atoms. The van der Waals surface area contributed by atoms with Crippen LogP contribution in [0.25, 0.3) is 16.5 Å². The Morgan fingerprint density at radius 2 is 1.82 bits per heavy atom. The molecule has 0 unspecified atom stereocenters. The number of hydrogen-bond donors (Lipinski definition) is 1. The number of aromatic nitrogens is 1. The van der Waals surface area contributed by atoms with Crippen molar-refractivity contribution in [3.63, 3.8) is 0 Å². The molecule has 172 valence electrons. The molecule has 0 radical (unpaired) electrons. The van der Waals surface area contributed by atoms with Gasteiger partial charge in [-0.2, -0.15) is 0 Å². The van der Waals surface area contributed by atoms with Gasteiger partial charge in [-0.05, 0) is 73.9 Å². The van der Waals surface area contributed by atoms with Crippen molar-refractivity contribution in [2.75, 3.05) is 36.5 Å². The van der Waals surface area contributed by atoms with Crippen molar-refractivity contribution in [3.05, 3.63) is 82.2 Å². The van der Waals surface area contributed by atoms with Gasteiger partial charge in [0.1, 0.15) is 5.69 Å². The molecule has 1 saturated heterocycles. The molecule has 2 heterocycles. The third kappa shape index (κ3) is 4.88. The second-order valence-electron chi connectivity index (χ2n) is 8.51. The molecular formula is C28H33N3O2. The first-order valence-corrected chi connectivity index (χ1v) is 11.7. The van der Waals surface area contributed by atoms with Gasteiger partial charge in [-0.15, -0.1) is 0 Å². The molecule has 0 aliphatic carbocycles. The van der Waals surface area contributed by atoms with Crippen LogP contribution in [0.5, 0.6) is 0 Å². The first-order valence-electron chi connectivity index (χ1n) is 11.7. The molecule has 1 aliphatic heterocycles. The van der Waals surface area contributed by atoms with Crippen molar-refractivity contribution in [2.45, 2.75) is 27.2 Å². The lowest BCUT2D eigenvalue weighted by molar-refractivity contribution is 0.122. The largest absolute Gasteiger partial charge is 0.378 e. The Balaban J connectivity index is 1.67. The van der Waals surface area contributed by atoms with Crippen LogP contribution in [0.1, 0.15) is 32.8 Å². The number of benzene rings is 2. The first-order chi connectivity index (χ1) is 16.0. The van der Waals surface area contributed by atoms with Gasteiger partial charge in [-0.25, -0.2) is 0 Å². The maximum atomic E-state index is 13.0. The van der Waals surface area contributed by atoms with E-state index in [1.54, 1.807) is 4.57 Å². The molecular weight excluding hydrogens is 410 g/mol. The highest BCUT2D eigenvalue weighted by Gasteiger charge is 2.12. The van der Waals surface area contributed by atoms with Crippen LogP contribution in [0.15, 0.2) is 71.1 Å². The summed E-state index contributed by atoms with van der Waals surface area (Å²) in [5.74, 6) is 0. The number of morpholine rings is 1. The van der Waals surface area contributed by atoms with Crippen LogP contribution in [-0.2, 0) is 11.8 Å². The summed E-state index contributed by atoms with van der Waals surface area (Å²) in [7, 11) is 1.83. The van der Waals surface area contributed by atoms with E-state index >= 15 is 0 Å². The molecule has 1 aliphatic rings. The normalized spacial score (nSPS) is 15.2. The number of nitrogens with zero attached hydrogens (tertiary/aromatic N) is 2. The van der Waals surface area contributed by atoms with Crippen LogP contribution in [0, 0.1) is 0 Å². The van der Waals surface area contributed by atoms with Crippen molar-refractivity contribution >= 4 is 33.5 Å². The fourth-order valence-electron chi connectivity index (χ4n) is 4.31. The van der Waals surface area contributed by atoms with E-state index in [-0.39, 0.29) is 5.56 Å². The number of allylic oxidation sites excluding steroid dienone is 4. The van der Waals surface area contributed by atoms with Gasteiger partial charge in [0.25, 0.3) is 5.56 Å². The minimum atomic E-state index is -0.0403. The third-order valence-electron chi connectivity index (χ3n) is 6.38. The number of hydrogen-bond acceptors (Lipinski definition) is 4. The predicted molar refractivity (Wildman–Crippen MR) is 140 cm³/mol. The highest BCUT2D eigenvalue weighted by Crippen LogP contribution is 2.27. The van der Waals surface area contributed by atoms with E-state index in [4.69, 9.17) is 4.74 Å². The number of pyridine rings is 1. The molecule has 0 atom stereocenters. The number of anilines is 3. The average Bonchev–Trinajstić information content (AvgIpc) is 2.86. The zero-order chi connectivity index (χ0) is 23.4. The van der Waals surface area contributed by atoms with Gasteiger partial charge in [0.05, 0.1) is 18.7 Å². The van der Waals surface area contributed by atoms with Crippen molar-refractivity contribution in [2.24, 2.45) is 7.05 Å². The van der Waals surface area contributed by atoms with Gasteiger partial charge < -0.3 is 19.5 Å². The second kappa shape index (κ2) is 10.1. The quantitative estimate of drug-likeness (QED) is 0.484. The summed E-state index contributed by atoms with van der Waals surface area (Å²) in [5, 5.41) is 4.38. The molecule has 2 aromatic carbocycles. The van der Waals surface area contributed by atoms with Crippen LogP contribution < -0.4 is 15.8 Å². The molecule has 1 fully saturated rings. The van der Waals surface area contributed by atoms with Gasteiger partial charge in [0, 0.05) is 36.9 Å². The van der Waals surface area contributed by atoms with E-state index in [0.29, 0.717) is 5.69 Å². The number of ether oxygens (including phenoxy) is 1. The summed E-state index contributed by atoms with van der Waals surface area (Å²) >= 11 is 0. The van der Waals surface area contributed by atoms with Crippen LogP contribution >= 0.6 is 0 Å². The lowest BCUT2D eigenvalue weighted by atomic mass is 9.97. The zero-order valence-corrected chi connectivity index (χ0v) is 20.0. The van der Waals surface area contributed by atoms with Crippen molar-refractivity contribution in [1.82, 2.24) is 4.57 Å². The van der Waals surface area contributed by atoms with Crippen LogP contribution in [0.3, 0.4) is 0 Å². The Morgan fingerprint density at radius 3 is 2.48 bits per heavy atom. The monoisotopic (exact) mass is 443 g/mol. The van der Waals surface area contributed by atoms with Crippen molar-refractivity contribution in [3.8, 4) is 0 Å². The molecule has 3 aromatic rings. The number of rotatable bonds is 6. The van der Waals surface area contributed by atoms with Gasteiger partial charge in [-0.3, -0.25) is 4.79 Å². The molecule has 0 bridgehead atoms. The molecule has 5 nitrogen and oxygen atoms in total. The van der Waals surface area contributed by atoms with Gasteiger partial charge in [0.2, 0.25) is 0 Å². The SMILES string of the molecule is C/C=C\C(=C(/C)CC)c1ccc2c(c1)cc(Nc1ccc(N3CCOCC3)cc1)c(=O)n2C. The van der Waals surface area contributed by atoms with E-state index in [1.165, 1.54) is 22.4 Å². The van der Waals surface area contributed by atoms with Crippen molar-refractivity contribution in [1.29, 1.82) is 0 Å². The zero-order valence-electron chi connectivity index (χ0n) is 20.0. The highest BCUT2D eigenvalue weighted by atomic mass is 16.5. The second-order valence-corrected chi connectivity index (χ2v) is 8.51. The summed E-state index contributed by atoms with van der Waals surface area (Å²) in [6.07, 6.45) is 5.24. The van der Waals surface area contributed by atoms with Crippen LogP contribution in [0.4, 0.5) is 17.1 Å². The summed E-state index contributed by atoms with van der Waals surface area (Å²) < 4.78 is 7.16. The minimum Gasteiger partial charge on any atom is -0.378 e. The van der Waals surface area contributed by atoms with Gasteiger partial charge in [-0.1, -0.05) is 30.7 Å². The minimum absolute atomic E-state index is 0.0403. The van der Waals surface area contributed by atoms with Crippen molar-refractivity contribution < 1.29 is 4.74 Å². The summed E-state index contributed by atoms with van der Waals surface area (Å²) in [5.41, 5.74) is 7.28. The molecule has 5 heteroatoms. The topological polar surface area (TPSA) is 46.5 Å². The Morgan fingerprint density at radius 1 is 1.09 bits per heavy atom. The lowest BCUT2D eigenvalue weighted by Crippen LogP contribution is -2.36. The van der Waals surface area contributed by atoms with Gasteiger partial charge >= 0.3 is 0 Å². The van der Waals surface area contributed by atoms with E-state index < -0.39 is 0 Å². The molecule has 0 spiro atoms. The average molecular weight is 444 g/mol. The van der Waals surface area contributed by atoms with Crippen LogP contribution in [-0.4, -0.2) is 30.9 Å². The maximum absolute atomic E-state index is 13.0. The molecule has 4 rings (SSSR count). The summed E-state index contributed by atoms with van der Waals surface area (Å²) in [6.45, 7) is 9.72.